The zero-order valence-electron chi connectivity index (χ0n) is 20.9. The average molecular weight is 528 g/mol. The molecule has 0 heterocycles. The van der Waals surface area contributed by atoms with Gasteiger partial charge in [0.1, 0.15) is 17.6 Å². The minimum Gasteiger partial charge on any atom is -0.496 e. The summed E-state index contributed by atoms with van der Waals surface area (Å²) in [7, 11) is -0.822. The van der Waals surface area contributed by atoms with Gasteiger partial charge >= 0.3 is 0 Å². The summed E-state index contributed by atoms with van der Waals surface area (Å²) in [5.74, 6) is -0.881. The van der Waals surface area contributed by atoms with E-state index < -0.39 is 40.2 Å². The minimum absolute atomic E-state index is 0.0433. The van der Waals surface area contributed by atoms with Crippen LogP contribution in [0.5, 0.6) is 5.75 Å². The summed E-state index contributed by atoms with van der Waals surface area (Å²) in [6, 6.07) is 20.4. The molecule has 0 aliphatic carbocycles. The van der Waals surface area contributed by atoms with Crippen LogP contribution in [0, 0.1) is 5.82 Å². The van der Waals surface area contributed by atoms with Crippen LogP contribution in [0.1, 0.15) is 22.7 Å². The number of benzene rings is 3. The number of hydrogen-bond donors (Lipinski definition) is 1. The summed E-state index contributed by atoms with van der Waals surface area (Å²) in [5.41, 5.74) is 1.87. The molecule has 0 fully saturated rings. The first kappa shape index (κ1) is 27.8. The van der Waals surface area contributed by atoms with Crippen LogP contribution in [-0.4, -0.2) is 56.4 Å². The molecule has 0 saturated carbocycles. The predicted octanol–water partition coefficient (Wildman–Crippen LogP) is 3.11. The Labute approximate surface area is 216 Å². The fraction of sp³-hybridized carbons (Fsp3) is 0.259. The van der Waals surface area contributed by atoms with Gasteiger partial charge in [-0.25, -0.2) is 12.8 Å². The maximum atomic E-state index is 13.7. The molecule has 0 bridgehead atoms. The molecule has 10 heteroatoms. The highest BCUT2D eigenvalue weighted by atomic mass is 32.2. The van der Waals surface area contributed by atoms with Crippen LogP contribution in [-0.2, 0) is 32.7 Å². The van der Waals surface area contributed by atoms with Gasteiger partial charge in [-0.15, -0.1) is 0 Å². The number of methoxy groups -OCH3 is 1. The lowest BCUT2D eigenvalue weighted by atomic mass is 10.0. The number of para-hydroxylation sites is 1. The molecular formula is C27H30FN3O5S. The summed E-state index contributed by atoms with van der Waals surface area (Å²) >= 11 is 0. The van der Waals surface area contributed by atoms with Crippen molar-refractivity contribution in [2.45, 2.75) is 19.1 Å². The van der Waals surface area contributed by atoms with Crippen molar-refractivity contribution >= 4 is 21.8 Å². The second-order valence-electron chi connectivity index (χ2n) is 8.51. The number of nitrogens with one attached hydrogen (secondary N) is 1. The van der Waals surface area contributed by atoms with Crippen LogP contribution in [0.15, 0.2) is 78.9 Å². The molecule has 2 amide bonds. The zero-order chi connectivity index (χ0) is 27.0. The van der Waals surface area contributed by atoms with Crippen molar-refractivity contribution in [2.75, 3.05) is 27.0 Å². The zero-order valence-corrected chi connectivity index (χ0v) is 21.7. The maximum absolute atomic E-state index is 13.7. The lowest BCUT2D eigenvalue weighted by Crippen LogP contribution is -2.47. The summed E-state index contributed by atoms with van der Waals surface area (Å²) < 4.78 is 43.8. The molecule has 0 aliphatic rings. The van der Waals surface area contributed by atoms with E-state index in [1.54, 1.807) is 36.4 Å². The van der Waals surface area contributed by atoms with Gasteiger partial charge in [-0.1, -0.05) is 60.7 Å². The van der Waals surface area contributed by atoms with Crippen LogP contribution in [0.25, 0.3) is 0 Å². The van der Waals surface area contributed by atoms with Gasteiger partial charge in [-0.3, -0.25) is 9.59 Å². The molecule has 1 N–H and O–H groups in total. The maximum Gasteiger partial charge on any atom is 0.247 e. The van der Waals surface area contributed by atoms with Crippen molar-refractivity contribution in [1.29, 1.82) is 0 Å². The predicted molar refractivity (Wildman–Crippen MR) is 138 cm³/mol. The summed E-state index contributed by atoms with van der Waals surface area (Å²) in [4.78, 5) is 28.5. The van der Waals surface area contributed by atoms with Gasteiger partial charge in [0.05, 0.1) is 19.9 Å². The van der Waals surface area contributed by atoms with E-state index in [0.29, 0.717) is 16.9 Å². The Morgan fingerprint density at radius 2 is 1.59 bits per heavy atom. The number of likely N-dealkylation sites (N-methyl/N-ethyl adjacent to an activating group) is 1. The molecule has 37 heavy (non-hydrogen) atoms. The van der Waals surface area contributed by atoms with Crippen molar-refractivity contribution in [1.82, 2.24) is 14.5 Å². The summed E-state index contributed by atoms with van der Waals surface area (Å²) in [6.45, 7) is -0.366. The molecule has 196 valence electrons. The molecule has 0 aromatic heterocycles. The van der Waals surface area contributed by atoms with E-state index in [1.165, 1.54) is 43.3 Å². The first-order valence-electron chi connectivity index (χ1n) is 11.5. The fourth-order valence-corrected chi connectivity index (χ4v) is 4.09. The Kier molecular flexibility index (Phi) is 9.37. The standard InChI is InChI=1S/C27H30FN3O5S/c1-30(37(3,34)35)19-25(32)31(18-20-13-15-23(28)16-14-20)26(21-9-5-4-6-10-21)27(33)29-17-22-11-7-8-12-24(22)36-2/h4-16,26H,17-19H2,1-3H3,(H,29,33)/t26-/m0/s1. The van der Waals surface area contributed by atoms with Gasteiger partial charge in [-0.2, -0.15) is 4.31 Å². The fourth-order valence-electron chi connectivity index (χ4n) is 3.74. The van der Waals surface area contributed by atoms with Crippen LogP contribution < -0.4 is 10.1 Å². The number of ether oxygens (including phenoxy) is 1. The first-order chi connectivity index (χ1) is 17.6. The third-order valence-corrected chi connectivity index (χ3v) is 7.09. The second kappa shape index (κ2) is 12.5. The molecule has 0 aliphatic heterocycles. The Hall–Kier alpha value is -3.76. The summed E-state index contributed by atoms with van der Waals surface area (Å²) in [6.07, 6.45) is 0.999. The number of carbonyl (C=O) groups excluding carboxylic acids is 2. The van der Waals surface area contributed by atoms with E-state index in [1.807, 2.05) is 18.2 Å². The van der Waals surface area contributed by atoms with E-state index in [-0.39, 0.29) is 13.1 Å². The number of carbonyl (C=O) groups is 2. The number of amides is 2. The van der Waals surface area contributed by atoms with Gasteiger partial charge in [0.25, 0.3) is 0 Å². The number of halogens is 1. The lowest BCUT2D eigenvalue weighted by Gasteiger charge is -2.32. The highest BCUT2D eigenvalue weighted by molar-refractivity contribution is 7.88. The van der Waals surface area contributed by atoms with Crippen molar-refractivity contribution in [3.8, 4) is 5.75 Å². The van der Waals surface area contributed by atoms with E-state index in [2.05, 4.69) is 5.32 Å². The monoisotopic (exact) mass is 527 g/mol. The normalized spacial score (nSPS) is 12.1. The lowest BCUT2D eigenvalue weighted by molar-refractivity contribution is -0.141. The van der Waals surface area contributed by atoms with Gasteiger partial charge in [-0.05, 0) is 29.3 Å². The number of hydrogen-bond acceptors (Lipinski definition) is 5. The average Bonchev–Trinajstić information content (AvgIpc) is 2.88. The first-order valence-corrected chi connectivity index (χ1v) is 13.3. The highest BCUT2D eigenvalue weighted by Gasteiger charge is 2.33. The molecule has 0 radical (unpaired) electrons. The van der Waals surface area contributed by atoms with Gasteiger partial charge in [0.2, 0.25) is 21.8 Å². The van der Waals surface area contributed by atoms with Gasteiger partial charge in [0, 0.05) is 25.7 Å². The van der Waals surface area contributed by atoms with Gasteiger partial charge in [0.15, 0.2) is 0 Å². The SMILES string of the molecule is COc1ccccc1CNC(=O)[C@H](c1ccccc1)N(Cc1ccc(F)cc1)C(=O)CN(C)S(C)(=O)=O. The molecule has 0 spiro atoms. The third kappa shape index (κ3) is 7.61. The quantitative estimate of drug-likeness (QED) is 0.414. The molecule has 8 nitrogen and oxygen atoms in total. The third-order valence-electron chi connectivity index (χ3n) is 5.83. The van der Waals surface area contributed by atoms with Gasteiger partial charge < -0.3 is 15.0 Å². The smallest absolute Gasteiger partial charge is 0.247 e. The van der Waals surface area contributed by atoms with Crippen LogP contribution in [0.4, 0.5) is 4.39 Å². The highest BCUT2D eigenvalue weighted by Crippen LogP contribution is 2.25. The van der Waals surface area contributed by atoms with Crippen molar-refractivity contribution < 1.29 is 27.1 Å². The van der Waals surface area contributed by atoms with Crippen molar-refractivity contribution in [3.05, 3.63) is 101 Å². The molecule has 1 atom stereocenters. The summed E-state index contributed by atoms with van der Waals surface area (Å²) in [5, 5.41) is 2.88. The Bertz CT molecular complexity index is 1320. The minimum atomic E-state index is -3.65. The Morgan fingerprint density at radius 1 is 0.973 bits per heavy atom. The van der Waals surface area contributed by atoms with Crippen LogP contribution >= 0.6 is 0 Å². The molecule has 0 unspecified atom stereocenters. The second-order valence-corrected chi connectivity index (χ2v) is 10.6. The van der Waals surface area contributed by atoms with Crippen LogP contribution in [0.2, 0.25) is 0 Å². The molecule has 0 saturated heterocycles. The van der Waals surface area contributed by atoms with E-state index in [0.717, 1.165) is 16.1 Å². The molecule has 3 aromatic rings. The Balaban J connectivity index is 1.98. The number of nitrogens with zero attached hydrogens (tertiary/aromatic N) is 2. The van der Waals surface area contributed by atoms with E-state index in [4.69, 9.17) is 4.74 Å². The number of sulfonamides is 1. The Morgan fingerprint density at radius 3 is 2.22 bits per heavy atom. The largest absolute Gasteiger partial charge is 0.496 e. The molecule has 3 rings (SSSR count). The molecule has 3 aromatic carbocycles. The van der Waals surface area contributed by atoms with Crippen molar-refractivity contribution in [3.63, 3.8) is 0 Å². The van der Waals surface area contributed by atoms with E-state index >= 15 is 0 Å². The molecular weight excluding hydrogens is 497 g/mol. The topological polar surface area (TPSA) is 96.0 Å². The number of rotatable bonds is 11. The van der Waals surface area contributed by atoms with Crippen LogP contribution in [0.3, 0.4) is 0 Å². The van der Waals surface area contributed by atoms with E-state index in [9.17, 15) is 22.4 Å². The van der Waals surface area contributed by atoms with Crippen molar-refractivity contribution in [2.24, 2.45) is 0 Å².